The van der Waals surface area contributed by atoms with Gasteiger partial charge in [0.1, 0.15) is 0 Å². The molecule has 0 amide bonds. The van der Waals surface area contributed by atoms with Gasteiger partial charge in [0.05, 0.1) is 13.9 Å². The summed E-state index contributed by atoms with van der Waals surface area (Å²) in [6.45, 7) is 6.15. The van der Waals surface area contributed by atoms with E-state index in [4.69, 9.17) is 5.11 Å². The molecule has 0 saturated carbocycles. The highest BCUT2D eigenvalue weighted by atomic mass is 28.3. The van der Waals surface area contributed by atoms with Crippen molar-refractivity contribution in [2.75, 3.05) is 6.61 Å². The molecule has 0 rings (SSSR count). The summed E-state index contributed by atoms with van der Waals surface area (Å²) < 4.78 is 13.3. The van der Waals surface area contributed by atoms with Crippen molar-refractivity contribution in [3.05, 3.63) is 0 Å². The lowest BCUT2D eigenvalue weighted by atomic mass is 10.4. The highest BCUT2D eigenvalue weighted by Crippen LogP contribution is 2.20. The van der Waals surface area contributed by atoms with Gasteiger partial charge in [-0.15, -0.1) is 0 Å². The second-order valence-corrected chi connectivity index (χ2v) is 8.82. The average Bonchev–Trinajstić information content (AvgIpc) is 1.88. The maximum absolute atomic E-state index is 13.3. The maximum atomic E-state index is 13.3. The number of aliphatic hydroxyl groups excluding tert-OH is 1. The van der Waals surface area contributed by atoms with Crippen LogP contribution in [0.3, 0.4) is 0 Å². The quantitative estimate of drug-likeness (QED) is 0.641. The molecule has 3 heteroatoms. The van der Waals surface area contributed by atoms with Crippen molar-refractivity contribution in [1.82, 2.24) is 0 Å². The van der Waals surface area contributed by atoms with Gasteiger partial charge in [0, 0.05) is 6.61 Å². The first kappa shape index (κ1) is 11.1. The number of alkyl halides is 1. The Morgan fingerprint density at radius 3 is 2.36 bits per heavy atom. The minimum atomic E-state index is -1.74. The largest absolute Gasteiger partial charge is 0.397 e. The van der Waals surface area contributed by atoms with Crippen molar-refractivity contribution in [2.24, 2.45) is 0 Å². The number of hydrogen-bond acceptors (Lipinski definition) is 1. The lowest BCUT2D eigenvalue weighted by Gasteiger charge is -2.25. The Labute approximate surface area is 69.6 Å². The molecule has 0 fully saturated rings. The molecule has 11 heavy (non-hydrogen) atoms. The topological polar surface area (TPSA) is 20.2 Å². The summed E-state index contributed by atoms with van der Waals surface area (Å²) in [5, 5.41) is 8.69. The van der Waals surface area contributed by atoms with Gasteiger partial charge in [-0.2, -0.15) is 0 Å². The Bertz CT molecular complexity index is 106. The van der Waals surface area contributed by atoms with E-state index >= 15 is 0 Å². The SMILES string of the molecule is CCCC(F)[Si](C)(C)CCO. The summed E-state index contributed by atoms with van der Waals surface area (Å²) in [6, 6.07) is 0.689. The smallest absolute Gasteiger partial charge is 0.0905 e. The molecule has 0 radical (unpaired) electrons. The maximum Gasteiger partial charge on any atom is 0.0905 e. The molecule has 1 N–H and O–H groups in total. The summed E-state index contributed by atoms with van der Waals surface area (Å²) in [7, 11) is -1.74. The second-order valence-electron chi connectivity index (χ2n) is 3.72. The van der Waals surface area contributed by atoms with Crippen LogP contribution in [0.5, 0.6) is 0 Å². The van der Waals surface area contributed by atoms with E-state index in [1.807, 2.05) is 20.0 Å². The minimum Gasteiger partial charge on any atom is -0.397 e. The lowest BCUT2D eigenvalue weighted by molar-refractivity contribution is 0.311. The lowest BCUT2D eigenvalue weighted by Crippen LogP contribution is -2.39. The number of aliphatic hydroxyl groups is 1. The molecule has 0 heterocycles. The monoisotopic (exact) mass is 178 g/mol. The zero-order chi connectivity index (χ0) is 8.91. The van der Waals surface area contributed by atoms with E-state index in [1.165, 1.54) is 0 Å². The number of hydrogen-bond donors (Lipinski definition) is 1. The van der Waals surface area contributed by atoms with Gasteiger partial charge in [0.2, 0.25) is 0 Å². The number of rotatable bonds is 5. The molecule has 0 aromatic heterocycles. The molecule has 68 valence electrons. The van der Waals surface area contributed by atoms with Crippen molar-refractivity contribution in [2.45, 2.75) is 44.7 Å². The predicted octanol–water partition coefficient (Wildman–Crippen LogP) is 2.36. The summed E-state index contributed by atoms with van der Waals surface area (Å²) in [6.07, 6.45) is 1.57. The Morgan fingerprint density at radius 2 is 2.00 bits per heavy atom. The first-order valence-corrected chi connectivity index (χ1v) is 7.58. The van der Waals surface area contributed by atoms with E-state index < -0.39 is 13.9 Å². The molecular formula is C8H19FOSi. The van der Waals surface area contributed by atoms with Crippen LogP contribution in [0.4, 0.5) is 4.39 Å². The predicted molar refractivity (Wildman–Crippen MR) is 49.2 cm³/mol. The third kappa shape index (κ3) is 3.87. The molecule has 0 aliphatic rings. The fourth-order valence-electron chi connectivity index (χ4n) is 1.09. The third-order valence-corrected chi connectivity index (χ3v) is 5.64. The van der Waals surface area contributed by atoms with Crippen LogP contribution in [-0.4, -0.2) is 25.6 Å². The summed E-state index contributed by atoms with van der Waals surface area (Å²) in [5.41, 5.74) is 0. The van der Waals surface area contributed by atoms with E-state index in [0.29, 0.717) is 12.5 Å². The fourth-order valence-corrected chi connectivity index (χ4v) is 3.05. The molecule has 0 bridgehead atoms. The molecule has 0 saturated heterocycles. The van der Waals surface area contributed by atoms with Crippen LogP contribution in [0.2, 0.25) is 19.1 Å². The molecule has 1 nitrogen and oxygen atoms in total. The van der Waals surface area contributed by atoms with Gasteiger partial charge in [0.25, 0.3) is 0 Å². The second kappa shape index (κ2) is 4.88. The van der Waals surface area contributed by atoms with Gasteiger partial charge < -0.3 is 5.11 Å². The molecule has 0 aliphatic heterocycles. The molecule has 0 aromatic carbocycles. The van der Waals surface area contributed by atoms with E-state index in [-0.39, 0.29) is 6.61 Å². The summed E-state index contributed by atoms with van der Waals surface area (Å²) in [5.74, 6) is -0.639. The molecular weight excluding hydrogens is 159 g/mol. The van der Waals surface area contributed by atoms with Crippen molar-refractivity contribution < 1.29 is 9.50 Å². The highest BCUT2D eigenvalue weighted by Gasteiger charge is 2.30. The van der Waals surface area contributed by atoms with Crippen molar-refractivity contribution in [3.63, 3.8) is 0 Å². The van der Waals surface area contributed by atoms with Crippen LogP contribution < -0.4 is 0 Å². The van der Waals surface area contributed by atoms with Crippen LogP contribution in [0.25, 0.3) is 0 Å². The molecule has 0 aliphatic carbocycles. The van der Waals surface area contributed by atoms with Gasteiger partial charge in [0.15, 0.2) is 0 Å². The summed E-state index contributed by atoms with van der Waals surface area (Å²) in [4.78, 5) is 0. The number of halogens is 1. The zero-order valence-electron chi connectivity index (χ0n) is 7.73. The highest BCUT2D eigenvalue weighted by molar-refractivity contribution is 6.78. The molecule has 0 spiro atoms. The van der Waals surface area contributed by atoms with E-state index in [9.17, 15) is 4.39 Å². The molecule has 1 atom stereocenters. The minimum absolute atomic E-state index is 0.142. The third-order valence-electron chi connectivity index (χ3n) is 2.15. The normalized spacial score (nSPS) is 15.0. The van der Waals surface area contributed by atoms with Crippen LogP contribution in [0.1, 0.15) is 19.8 Å². The van der Waals surface area contributed by atoms with Crippen molar-refractivity contribution in [1.29, 1.82) is 0 Å². The fraction of sp³-hybridized carbons (Fsp3) is 1.00. The Balaban J connectivity index is 3.83. The average molecular weight is 178 g/mol. The Hall–Kier alpha value is 0.107. The standard InChI is InChI=1S/C8H19FOSi/c1-4-5-8(9)11(2,3)7-6-10/h8,10H,4-7H2,1-3H3. The van der Waals surface area contributed by atoms with Gasteiger partial charge >= 0.3 is 0 Å². The van der Waals surface area contributed by atoms with Gasteiger partial charge in [-0.05, 0) is 12.5 Å². The first-order valence-electron chi connectivity index (χ1n) is 4.29. The van der Waals surface area contributed by atoms with E-state index in [0.717, 1.165) is 6.42 Å². The van der Waals surface area contributed by atoms with Gasteiger partial charge in [-0.1, -0.05) is 26.4 Å². The molecule has 1 unspecified atom stereocenters. The van der Waals surface area contributed by atoms with Crippen LogP contribution in [0.15, 0.2) is 0 Å². The Morgan fingerprint density at radius 1 is 1.45 bits per heavy atom. The zero-order valence-corrected chi connectivity index (χ0v) is 8.73. The van der Waals surface area contributed by atoms with Crippen molar-refractivity contribution in [3.8, 4) is 0 Å². The summed E-state index contributed by atoms with van der Waals surface area (Å²) >= 11 is 0. The van der Waals surface area contributed by atoms with Crippen LogP contribution >= 0.6 is 0 Å². The van der Waals surface area contributed by atoms with Crippen molar-refractivity contribution >= 4 is 8.07 Å². The first-order chi connectivity index (χ1) is 5.04. The molecule has 0 aromatic rings. The van der Waals surface area contributed by atoms with Gasteiger partial charge in [-0.25, -0.2) is 0 Å². The van der Waals surface area contributed by atoms with E-state index in [1.54, 1.807) is 0 Å². The van der Waals surface area contributed by atoms with Gasteiger partial charge in [-0.3, -0.25) is 4.39 Å². The Kier molecular flexibility index (Phi) is 4.93. The van der Waals surface area contributed by atoms with E-state index in [2.05, 4.69) is 0 Å². The van der Waals surface area contributed by atoms with Crippen LogP contribution in [0, 0.1) is 0 Å². The van der Waals surface area contributed by atoms with Crippen LogP contribution in [-0.2, 0) is 0 Å².